The van der Waals surface area contributed by atoms with Crippen LogP contribution in [0.1, 0.15) is 23.5 Å². The fourth-order valence-electron chi connectivity index (χ4n) is 1.45. The molecule has 0 fully saturated rings. The van der Waals surface area contributed by atoms with Crippen LogP contribution in [0.15, 0.2) is 24.3 Å². The van der Waals surface area contributed by atoms with Gasteiger partial charge < -0.3 is 4.79 Å². The van der Waals surface area contributed by atoms with Crippen LogP contribution < -0.4 is 0 Å². The lowest BCUT2D eigenvalue weighted by molar-refractivity contribution is -0.483. The van der Waals surface area contributed by atoms with Gasteiger partial charge in [-0.3, -0.25) is 10.1 Å². The summed E-state index contributed by atoms with van der Waals surface area (Å²) >= 11 is 0. The summed E-state index contributed by atoms with van der Waals surface area (Å²) < 4.78 is 0. The molecule has 0 aliphatic carbocycles. The molecule has 1 unspecified atom stereocenters. The van der Waals surface area contributed by atoms with Crippen molar-refractivity contribution >= 4 is 6.29 Å². The SMILES string of the molecule is Cc1ccc(C(CC=O)C[N+](=O)[O-])cc1. The first-order valence-electron chi connectivity index (χ1n) is 4.75. The number of carbonyl (C=O) groups excluding carboxylic acids is 1. The second-order valence-electron chi connectivity index (χ2n) is 3.53. The van der Waals surface area contributed by atoms with Crippen LogP contribution in [-0.2, 0) is 4.79 Å². The highest BCUT2D eigenvalue weighted by Crippen LogP contribution is 2.19. The van der Waals surface area contributed by atoms with E-state index >= 15 is 0 Å². The molecule has 80 valence electrons. The van der Waals surface area contributed by atoms with Gasteiger partial charge in [-0.15, -0.1) is 0 Å². The first-order valence-corrected chi connectivity index (χ1v) is 4.75. The lowest BCUT2D eigenvalue weighted by Gasteiger charge is -2.09. The van der Waals surface area contributed by atoms with E-state index in [1.165, 1.54) is 0 Å². The smallest absolute Gasteiger partial charge is 0.211 e. The molecule has 1 atom stereocenters. The molecule has 4 heteroatoms. The summed E-state index contributed by atoms with van der Waals surface area (Å²) in [5.74, 6) is -0.307. The highest BCUT2D eigenvalue weighted by molar-refractivity contribution is 5.51. The number of nitro groups is 1. The van der Waals surface area contributed by atoms with E-state index in [2.05, 4.69) is 0 Å². The van der Waals surface area contributed by atoms with E-state index in [0.29, 0.717) is 0 Å². The number of aldehydes is 1. The van der Waals surface area contributed by atoms with E-state index in [0.717, 1.165) is 17.4 Å². The Hall–Kier alpha value is -1.71. The van der Waals surface area contributed by atoms with Gasteiger partial charge >= 0.3 is 0 Å². The fraction of sp³-hybridized carbons (Fsp3) is 0.364. The minimum atomic E-state index is -0.381. The lowest BCUT2D eigenvalue weighted by Crippen LogP contribution is -2.13. The van der Waals surface area contributed by atoms with Crippen LogP contribution in [0.5, 0.6) is 0 Å². The largest absolute Gasteiger partial charge is 0.303 e. The van der Waals surface area contributed by atoms with Crippen LogP contribution in [0.2, 0.25) is 0 Å². The van der Waals surface area contributed by atoms with Gasteiger partial charge in [0.2, 0.25) is 6.54 Å². The molecule has 1 aromatic carbocycles. The molecule has 1 aromatic rings. The van der Waals surface area contributed by atoms with Crippen molar-refractivity contribution in [1.82, 2.24) is 0 Å². The summed E-state index contributed by atoms with van der Waals surface area (Å²) in [5.41, 5.74) is 1.95. The van der Waals surface area contributed by atoms with Gasteiger partial charge in [0.15, 0.2) is 0 Å². The summed E-state index contributed by atoms with van der Waals surface area (Å²) in [5, 5.41) is 10.4. The predicted molar refractivity (Wildman–Crippen MR) is 56.5 cm³/mol. The quantitative estimate of drug-likeness (QED) is 0.421. The molecule has 0 aromatic heterocycles. The number of benzene rings is 1. The summed E-state index contributed by atoms with van der Waals surface area (Å²) in [6.45, 7) is 1.76. The van der Waals surface area contributed by atoms with Gasteiger partial charge in [0, 0.05) is 11.3 Å². The standard InChI is InChI=1S/C11H13NO3/c1-9-2-4-10(5-3-9)11(6-7-13)8-12(14)15/h2-5,7,11H,6,8H2,1H3. The van der Waals surface area contributed by atoms with E-state index in [4.69, 9.17) is 0 Å². The third-order valence-corrected chi connectivity index (χ3v) is 2.30. The normalized spacial score (nSPS) is 12.1. The maximum Gasteiger partial charge on any atom is 0.211 e. The Morgan fingerprint density at radius 3 is 2.47 bits per heavy atom. The average molecular weight is 207 g/mol. The maximum absolute atomic E-state index is 10.4. The molecule has 0 amide bonds. The van der Waals surface area contributed by atoms with Crippen molar-refractivity contribution in [3.05, 3.63) is 45.5 Å². The third kappa shape index (κ3) is 3.50. The molecule has 15 heavy (non-hydrogen) atoms. The monoisotopic (exact) mass is 207 g/mol. The van der Waals surface area contributed by atoms with Gasteiger partial charge in [-0.25, -0.2) is 0 Å². The molecule has 0 aliphatic rings. The van der Waals surface area contributed by atoms with Gasteiger partial charge in [0.25, 0.3) is 0 Å². The van der Waals surface area contributed by atoms with Crippen molar-refractivity contribution in [2.45, 2.75) is 19.3 Å². The van der Waals surface area contributed by atoms with Crippen molar-refractivity contribution in [2.75, 3.05) is 6.54 Å². The van der Waals surface area contributed by atoms with E-state index in [9.17, 15) is 14.9 Å². The number of rotatable bonds is 5. The van der Waals surface area contributed by atoms with Crippen molar-refractivity contribution in [1.29, 1.82) is 0 Å². The minimum Gasteiger partial charge on any atom is -0.303 e. The summed E-state index contributed by atoms with van der Waals surface area (Å²) in [7, 11) is 0. The van der Waals surface area contributed by atoms with Gasteiger partial charge in [0.05, 0.1) is 5.92 Å². The van der Waals surface area contributed by atoms with Crippen LogP contribution in [-0.4, -0.2) is 17.8 Å². The first kappa shape index (κ1) is 11.4. The molecule has 0 spiro atoms. The molecule has 0 N–H and O–H groups in total. The van der Waals surface area contributed by atoms with Crippen LogP contribution >= 0.6 is 0 Å². The lowest BCUT2D eigenvalue weighted by atomic mass is 9.96. The zero-order valence-corrected chi connectivity index (χ0v) is 8.55. The molecule has 4 nitrogen and oxygen atoms in total. The highest BCUT2D eigenvalue weighted by atomic mass is 16.6. The molecule has 0 bridgehead atoms. The van der Waals surface area contributed by atoms with E-state index < -0.39 is 0 Å². The van der Waals surface area contributed by atoms with Crippen molar-refractivity contribution < 1.29 is 9.72 Å². The van der Waals surface area contributed by atoms with E-state index in [1.807, 2.05) is 31.2 Å². The minimum absolute atomic E-state index is 0.193. The number of nitrogens with zero attached hydrogens (tertiary/aromatic N) is 1. The number of hydrogen-bond donors (Lipinski definition) is 0. The van der Waals surface area contributed by atoms with Crippen molar-refractivity contribution in [3.8, 4) is 0 Å². The average Bonchev–Trinajstić information content (AvgIpc) is 2.17. The summed E-state index contributed by atoms with van der Waals surface area (Å²) in [6, 6.07) is 7.47. The van der Waals surface area contributed by atoms with Crippen LogP contribution in [0, 0.1) is 17.0 Å². The zero-order valence-electron chi connectivity index (χ0n) is 8.55. The Bertz CT molecular complexity index is 345. The molecule has 0 saturated carbocycles. The number of hydrogen-bond acceptors (Lipinski definition) is 3. The van der Waals surface area contributed by atoms with Crippen molar-refractivity contribution in [3.63, 3.8) is 0 Å². The first-order chi connectivity index (χ1) is 7.13. The van der Waals surface area contributed by atoms with Gasteiger partial charge in [0.1, 0.15) is 6.29 Å². The fourth-order valence-corrected chi connectivity index (χ4v) is 1.45. The molecule has 0 saturated heterocycles. The number of carbonyl (C=O) groups is 1. The molecular weight excluding hydrogens is 194 g/mol. The highest BCUT2D eigenvalue weighted by Gasteiger charge is 2.16. The van der Waals surface area contributed by atoms with Gasteiger partial charge in [-0.05, 0) is 12.5 Å². The van der Waals surface area contributed by atoms with Crippen molar-refractivity contribution in [2.24, 2.45) is 0 Å². The molecule has 0 heterocycles. The van der Waals surface area contributed by atoms with E-state index in [-0.39, 0.29) is 23.8 Å². The predicted octanol–water partition coefficient (Wildman–Crippen LogP) is 1.94. The molecule has 0 aliphatic heterocycles. The topological polar surface area (TPSA) is 60.2 Å². The Balaban J connectivity index is 2.83. The van der Waals surface area contributed by atoms with Crippen LogP contribution in [0.3, 0.4) is 0 Å². The molecule has 0 radical (unpaired) electrons. The summed E-state index contributed by atoms with van der Waals surface area (Å²) in [6.07, 6.45) is 0.929. The molecular formula is C11H13NO3. The zero-order chi connectivity index (χ0) is 11.3. The van der Waals surface area contributed by atoms with Gasteiger partial charge in [-0.1, -0.05) is 29.8 Å². The van der Waals surface area contributed by atoms with Crippen LogP contribution in [0.25, 0.3) is 0 Å². The third-order valence-electron chi connectivity index (χ3n) is 2.30. The van der Waals surface area contributed by atoms with Crippen LogP contribution in [0.4, 0.5) is 0 Å². The molecule has 1 rings (SSSR count). The Kier molecular flexibility index (Phi) is 3.97. The second kappa shape index (κ2) is 5.24. The van der Waals surface area contributed by atoms with E-state index in [1.54, 1.807) is 0 Å². The maximum atomic E-state index is 10.4. The second-order valence-corrected chi connectivity index (χ2v) is 3.53. The summed E-state index contributed by atoms with van der Waals surface area (Å²) in [4.78, 5) is 20.4. The number of aryl methyl sites for hydroxylation is 1. The Labute approximate surface area is 88.1 Å². The Morgan fingerprint density at radius 2 is 2.00 bits per heavy atom. The Morgan fingerprint density at radius 1 is 1.40 bits per heavy atom. The van der Waals surface area contributed by atoms with Gasteiger partial charge in [-0.2, -0.15) is 0 Å².